The van der Waals surface area contributed by atoms with Crippen LogP contribution in [0.25, 0.3) is 0 Å². The highest BCUT2D eigenvalue weighted by Crippen LogP contribution is 2.33. The molecular weight excluding hydrogens is 192 g/mol. The number of hydrogen-bond donors (Lipinski definition) is 1. The fourth-order valence-electron chi connectivity index (χ4n) is 1.90. The molecule has 1 aliphatic carbocycles. The second-order valence-corrected chi connectivity index (χ2v) is 5.63. The van der Waals surface area contributed by atoms with E-state index in [9.17, 15) is 0 Å². The summed E-state index contributed by atoms with van der Waals surface area (Å²) in [6.45, 7) is 8.72. The molecule has 3 atom stereocenters. The molecule has 1 N–H and O–H groups in total. The quantitative estimate of drug-likeness (QED) is 0.830. The molecule has 1 fully saturated rings. The smallest absolute Gasteiger partial charge is 0.0900 e. The first-order valence-electron chi connectivity index (χ1n) is 5.28. The van der Waals surface area contributed by atoms with E-state index in [1.54, 1.807) is 0 Å². The summed E-state index contributed by atoms with van der Waals surface area (Å²) in [5.74, 6) is 0.867. The Morgan fingerprint density at radius 3 is 2.57 bits per heavy atom. The van der Waals surface area contributed by atoms with E-state index in [-0.39, 0.29) is 0 Å². The summed E-state index contributed by atoms with van der Waals surface area (Å²) < 4.78 is 0. The predicted octanol–water partition coefficient (Wildman–Crippen LogP) is 2.82. The van der Waals surface area contributed by atoms with E-state index in [2.05, 4.69) is 38.0 Å². The molecule has 0 aromatic carbocycles. The van der Waals surface area contributed by atoms with Crippen molar-refractivity contribution in [1.82, 2.24) is 10.3 Å². The fraction of sp³-hybridized carbons (Fsp3) is 0.727. The van der Waals surface area contributed by atoms with Crippen molar-refractivity contribution in [2.45, 2.75) is 46.2 Å². The van der Waals surface area contributed by atoms with E-state index < -0.39 is 0 Å². The van der Waals surface area contributed by atoms with Gasteiger partial charge in [-0.1, -0.05) is 6.92 Å². The Morgan fingerprint density at radius 2 is 2.14 bits per heavy atom. The summed E-state index contributed by atoms with van der Waals surface area (Å²) in [6.07, 6.45) is 1.33. The van der Waals surface area contributed by atoms with Crippen LogP contribution in [-0.2, 0) is 0 Å². The van der Waals surface area contributed by atoms with Crippen LogP contribution < -0.4 is 5.32 Å². The van der Waals surface area contributed by atoms with Crippen LogP contribution in [0.2, 0.25) is 0 Å². The molecule has 3 heteroatoms. The van der Waals surface area contributed by atoms with Gasteiger partial charge < -0.3 is 5.32 Å². The number of aryl methyl sites for hydroxylation is 2. The first kappa shape index (κ1) is 10.1. The van der Waals surface area contributed by atoms with E-state index in [0.717, 1.165) is 12.0 Å². The lowest BCUT2D eigenvalue weighted by atomic mass is 10.2. The number of nitrogens with one attached hydrogen (secondary N) is 1. The minimum atomic E-state index is 0.469. The van der Waals surface area contributed by atoms with E-state index in [0.29, 0.717) is 6.04 Å². The first-order chi connectivity index (χ1) is 6.58. The molecule has 2 nitrogen and oxygen atoms in total. The maximum Gasteiger partial charge on any atom is 0.0900 e. The van der Waals surface area contributed by atoms with Gasteiger partial charge in [-0.25, -0.2) is 4.98 Å². The van der Waals surface area contributed by atoms with Gasteiger partial charge in [-0.3, -0.25) is 0 Å². The molecule has 0 spiro atoms. The van der Waals surface area contributed by atoms with Gasteiger partial charge in [0.25, 0.3) is 0 Å². The van der Waals surface area contributed by atoms with Crippen molar-refractivity contribution in [3.05, 3.63) is 15.6 Å². The first-order valence-corrected chi connectivity index (χ1v) is 6.09. The SMILES string of the molecule is Cc1nc(C)c(C(C)NC2CC2C)s1. The molecule has 1 aliphatic rings. The molecule has 1 saturated carbocycles. The summed E-state index contributed by atoms with van der Waals surface area (Å²) in [4.78, 5) is 5.86. The Kier molecular flexibility index (Phi) is 2.62. The third-order valence-electron chi connectivity index (χ3n) is 2.91. The van der Waals surface area contributed by atoms with Crippen LogP contribution >= 0.6 is 11.3 Å². The van der Waals surface area contributed by atoms with E-state index in [4.69, 9.17) is 0 Å². The van der Waals surface area contributed by atoms with Crippen LogP contribution in [0.3, 0.4) is 0 Å². The maximum atomic E-state index is 4.46. The topological polar surface area (TPSA) is 24.9 Å². The summed E-state index contributed by atoms with van der Waals surface area (Å²) in [7, 11) is 0. The van der Waals surface area contributed by atoms with Gasteiger partial charge >= 0.3 is 0 Å². The summed E-state index contributed by atoms with van der Waals surface area (Å²) in [5.41, 5.74) is 1.20. The summed E-state index contributed by atoms with van der Waals surface area (Å²) in [6, 6.07) is 1.21. The number of rotatable bonds is 3. The monoisotopic (exact) mass is 210 g/mol. The summed E-state index contributed by atoms with van der Waals surface area (Å²) >= 11 is 1.82. The van der Waals surface area contributed by atoms with E-state index in [1.807, 2.05) is 11.3 Å². The lowest BCUT2D eigenvalue weighted by molar-refractivity contribution is 0.556. The lowest BCUT2D eigenvalue weighted by Gasteiger charge is -2.11. The van der Waals surface area contributed by atoms with Crippen LogP contribution in [0.15, 0.2) is 0 Å². The molecule has 0 saturated heterocycles. The Bertz CT molecular complexity index is 332. The van der Waals surface area contributed by atoms with Gasteiger partial charge in [-0.05, 0) is 33.1 Å². The van der Waals surface area contributed by atoms with Gasteiger partial charge in [0.1, 0.15) is 0 Å². The molecule has 0 amide bonds. The number of hydrogen-bond acceptors (Lipinski definition) is 3. The largest absolute Gasteiger partial charge is 0.306 e. The molecule has 0 radical (unpaired) electrons. The van der Waals surface area contributed by atoms with Gasteiger partial charge in [-0.15, -0.1) is 11.3 Å². The highest BCUT2D eigenvalue weighted by molar-refractivity contribution is 7.11. The Balaban J connectivity index is 2.03. The van der Waals surface area contributed by atoms with Crippen molar-refractivity contribution < 1.29 is 0 Å². The Hall–Kier alpha value is -0.410. The molecule has 1 heterocycles. The van der Waals surface area contributed by atoms with Crippen molar-refractivity contribution in [2.24, 2.45) is 5.92 Å². The van der Waals surface area contributed by atoms with Crippen molar-refractivity contribution in [1.29, 1.82) is 0 Å². The Morgan fingerprint density at radius 1 is 1.50 bits per heavy atom. The minimum absolute atomic E-state index is 0.469. The highest BCUT2D eigenvalue weighted by Gasteiger charge is 2.33. The molecule has 14 heavy (non-hydrogen) atoms. The average Bonchev–Trinajstić information content (AvgIpc) is 2.64. The standard InChI is InChI=1S/C11H18N2S/c1-6-5-10(6)13-8(3)11-7(2)12-9(4)14-11/h6,8,10,13H,5H2,1-4H3. The van der Waals surface area contributed by atoms with E-state index >= 15 is 0 Å². The normalized spacial score (nSPS) is 27.7. The molecule has 1 aromatic rings. The number of aromatic nitrogens is 1. The fourth-order valence-corrected chi connectivity index (χ4v) is 2.84. The van der Waals surface area contributed by atoms with Gasteiger partial charge in [0.05, 0.1) is 10.7 Å². The minimum Gasteiger partial charge on any atom is -0.306 e. The van der Waals surface area contributed by atoms with Crippen LogP contribution in [0.1, 0.15) is 41.9 Å². The Labute approximate surface area is 89.8 Å². The maximum absolute atomic E-state index is 4.46. The van der Waals surface area contributed by atoms with Gasteiger partial charge in [0.2, 0.25) is 0 Å². The molecule has 3 unspecified atom stereocenters. The molecule has 0 bridgehead atoms. The van der Waals surface area contributed by atoms with Crippen molar-refractivity contribution in [2.75, 3.05) is 0 Å². The molecule has 78 valence electrons. The molecular formula is C11H18N2S. The lowest BCUT2D eigenvalue weighted by Crippen LogP contribution is -2.21. The summed E-state index contributed by atoms with van der Waals surface area (Å²) in [5, 5.41) is 4.82. The average molecular weight is 210 g/mol. The zero-order valence-corrected chi connectivity index (χ0v) is 10.1. The van der Waals surface area contributed by atoms with Crippen LogP contribution in [-0.4, -0.2) is 11.0 Å². The predicted molar refractivity (Wildman–Crippen MR) is 60.7 cm³/mol. The zero-order valence-electron chi connectivity index (χ0n) is 9.29. The van der Waals surface area contributed by atoms with Crippen molar-refractivity contribution in [3.8, 4) is 0 Å². The third-order valence-corrected chi connectivity index (χ3v) is 4.16. The van der Waals surface area contributed by atoms with Gasteiger partial charge in [0.15, 0.2) is 0 Å². The molecule has 1 aromatic heterocycles. The molecule has 2 rings (SSSR count). The third kappa shape index (κ3) is 1.98. The van der Waals surface area contributed by atoms with Crippen LogP contribution in [0.4, 0.5) is 0 Å². The van der Waals surface area contributed by atoms with Crippen molar-refractivity contribution >= 4 is 11.3 Å². The van der Waals surface area contributed by atoms with Gasteiger partial charge in [0, 0.05) is 17.0 Å². The second kappa shape index (κ2) is 3.63. The van der Waals surface area contributed by atoms with Crippen molar-refractivity contribution in [3.63, 3.8) is 0 Å². The number of nitrogens with zero attached hydrogens (tertiary/aromatic N) is 1. The number of thiazole rings is 1. The second-order valence-electron chi connectivity index (χ2n) is 4.39. The zero-order chi connectivity index (χ0) is 10.3. The molecule has 0 aliphatic heterocycles. The van der Waals surface area contributed by atoms with Crippen LogP contribution in [0, 0.1) is 19.8 Å². The van der Waals surface area contributed by atoms with E-state index in [1.165, 1.54) is 22.0 Å². The highest BCUT2D eigenvalue weighted by atomic mass is 32.1. The van der Waals surface area contributed by atoms with Crippen LogP contribution in [0.5, 0.6) is 0 Å². The van der Waals surface area contributed by atoms with Gasteiger partial charge in [-0.2, -0.15) is 0 Å².